The van der Waals surface area contributed by atoms with Crippen molar-refractivity contribution in [3.63, 3.8) is 0 Å². The summed E-state index contributed by atoms with van der Waals surface area (Å²) in [6.45, 7) is 8.22. The summed E-state index contributed by atoms with van der Waals surface area (Å²) >= 11 is 2.18. The van der Waals surface area contributed by atoms with Crippen LogP contribution in [0, 0.1) is 23.2 Å². The van der Waals surface area contributed by atoms with Gasteiger partial charge >= 0.3 is 0 Å². The standard InChI is InChI=1S/C18H33NS/c1-4-5-19-17(12-20-13(2)3)18-9-14-6-15(10-18)8-16(7-14)11-18/h13-17,19H,4-12H2,1-3H3. The topological polar surface area (TPSA) is 12.0 Å². The second-order valence-corrected chi connectivity index (χ2v) is 9.78. The second-order valence-electron chi connectivity index (χ2n) is 8.17. The zero-order valence-electron chi connectivity index (χ0n) is 13.7. The highest BCUT2D eigenvalue weighted by Gasteiger charge is 2.53. The van der Waals surface area contributed by atoms with Crippen molar-refractivity contribution in [2.45, 2.75) is 77.0 Å². The molecular weight excluding hydrogens is 262 g/mol. The molecule has 0 spiro atoms. The first-order chi connectivity index (χ1) is 9.61. The second kappa shape index (κ2) is 6.20. The number of hydrogen-bond acceptors (Lipinski definition) is 2. The van der Waals surface area contributed by atoms with Crippen LogP contribution >= 0.6 is 11.8 Å². The van der Waals surface area contributed by atoms with Crippen LogP contribution in [0.25, 0.3) is 0 Å². The van der Waals surface area contributed by atoms with Gasteiger partial charge in [0.2, 0.25) is 0 Å². The highest BCUT2D eigenvalue weighted by molar-refractivity contribution is 7.99. The third-order valence-corrected chi connectivity index (χ3v) is 7.25. The molecule has 116 valence electrons. The fraction of sp³-hybridized carbons (Fsp3) is 1.00. The van der Waals surface area contributed by atoms with Gasteiger partial charge in [0.05, 0.1) is 0 Å². The largest absolute Gasteiger partial charge is 0.313 e. The van der Waals surface area contributed by atoms with E-state index < -0.39 is 0 Å². The number of thioether (sulfide) groups is 1. The molecule has 1 nitrogen and oxygen atoms in total. The Morgan fingerprint density at radius 2 is 1.60 bits per heavy atom. The van der Waals surface area contributed by atoms with Gasteiger partial charge in [0.25, 0.3) is 0 Å². The van der Waals surface area contributed by atoms with Crippen molar-refractivity contribution in [3.8, 4) is 0 Å². The first-order valence-corrected chi connectivity index (χ1v) is 10.0. The van der Waals surface area contributed by atoms with Crippen LogP contribution in [0.15, 0.2) is 0 Å². The van der Waals surface area contributed by atoms with E-state index in [4.69, 9.17) is 0 Å². The summed E-state index contributed by atoms with van der Waals surface area (Å²) in [5, 5.41) is 4.73. The molecule has 1 N–H and O–H groups in total. The maximum absolute atomic E-state index is 3.96. The summed E-state index contributed by atoms with van der Waals surface area (Å²) in [5.74, 6) is 4.58. The SMILES string of the molecule is CCCNC(CSC(C)C)C12CC3CC(CC(C3)C1)C2. The Morgan fingerprint density at radius 3 is 2.05 bits per heavy atom. The molecule has 0 amide bonds. The van der Waals surface area contributed by atoms with E-state index in [1.165, 1.54) is 18.7 Å². The maximum Gasteiger partial charge on any atom is 0.0215 e. The summed E-state index contributed by atoms with van der Waals surface area (Å²) in [4.78, 5) is 0. The Labute approximate surface area is 130 Å². The summed E-state index contributed by atoms with van der Waals surface area (Å²) in [5.41, 5.74) is 0.672. The van der Waals surface area contributed by atoms with Crippen LogP contribution in [-0.2, 0) is 0 Å². The molecule has 4 aliphatic carbocycles. The molecule has 0 aromatic carbocycles. The highest BCUT2D eigenvalue weighted by Crippen LogP contribution is 2.61. The molecule has 4 saturated carbocycles. The van der Waals surface area contributed by atoms with Crippen molar-refractivity contribution in [2.75, 3.05) is 12.3 Å². The van der Waals surface area contributed by atoms with E-state index in [0.29, 0.717) is 5.41 Å². The summed E-state index contributed by atoms with van der Waals surface area (Å²) in [6.07, 6.45) is 10.6. The lowest BCUT2D eigenvalue weighted by Gasteiger charge is -2.59. The predicted octanol–water partition coefficient (Wildman–Crippen LogP) is 4.71. The molecule has 4 bridgehead atoms. The van der Waals surface area contributed by atoms with E-state index in [0.717, 1.165) is 29.0 Å². The lowest BCUT2D eigenvalue weighted by Crippen LogP contribution is -2.57. The fourth-order valence-electron chi connectivity index (χ4n) is 5.66. The Balaban J connectivity index is 1.71. The first kappa shape index (κ1) is 15.2. The molecule has 4 aliphatic rings. The Bertz CT molecular complexity index is 290. The molecule has 2 heteroatoms. The minimum Gasteiger partial charge on any atom is -0.313 e. The number of nitrogens with one attached hydrogen (secondary N) is 1. The van der Waals surface area contributed by atoms with Gasteiger partial charge < -0.3 is 5.32 Å². The van der Waals surface area contributed by atoms with Crippen LogP contribution in [0.3, 0.4) is 0 Å². The van der Waals surface area contributed by atoms with E-state index in [2.05, 4.69) is 37.8 Å². The number of rotatable bonds is 7. The molecule has 1 atom stereocenters. The Kier molecular flexibility index (Phi) is 4.72. The lowest BCUT2D eigenvalue weighted by molar-refractivity contribution is -0.0693. The average molecular weight is 296 g/mol. The smallest absolute Gasteiger partial charge is 0.0215 e. The number of hydrogen-bond donors (Lipinski definition) is 1. The van der Waals surface area contributed by atoms with Gasteiger partial charge in [0, 0.05) is 11.8 Å². The van der Waals surface area contributed by atoms with Gasteiger partial charge in [0.1, 0.15) is 0 Å². The van der Waals surface area contributed by atoms with Gasteiger partial charge in [-0.2, -0.15) is 11.8 Å². The molecule has 0 saturated heterocycles. The molecular formula is C18H33NS. The van der Waals surface area contributed by atoms with E-state index in [-0.39, 0.29) is 0 Å². The van der Waals surface area contributed by atoms with Gasteiger partial charge in [-0.3, -0.25) is 0 Å². The van der Waals surface area contributed by atoms with Crippen molar-refractivity contribution in [1.82, 2.24) is 5.32 Å². The van der Waals surface area contributed by atoms with Crippen LogP contribution in [0.4, 0.5) is 0 Å². The third kappa shape index (κ3) is 3.06. The minimum absolute atomic E-state index is 0.672. The molecule has 4 rings (SSSR count). The van der Waals surface area contributed by atoms with E-state index in [1.54, 1.807) is 38.5 Å². The van der Waals surface area contributed by atoms with E-state index in [9.17, 15) is 0 Å². The summed E-state index contributed by atoms with van der Waals surface area (Å²) in [7, 11) is 0. The van der Waals surface area contributed by atoms with Crippen molar-refractivity contribution in [1.29, 1.82) is 0 Å². The van der Waals surface area contributed by atoms with Crippen molar-refractivity contribution in [2.24, 2.45) is 23.2 Å². The van der Waals surface area contributed by atoms with Gasteiger partial charge in [-0.15, -0.1) is 0 Å². The van der Waals surface area contributed by atoms with Gasteiger partial charge in [-0.25, -0.2) is 0 Å². The quantitative estimate of drug-likeness (QED) is 0.730. The van der Waals surface area contributed by atoms with Crippen LogP contribution in [0.5, 0.6) is 0 Å². The third-order valence-electron chi connectivity index (χ3n) is 6.06. The Hall–Kier alpha value is 0.310. The lowest BCUT2D eigenvalue weighted by atomic mass is 9.48. The van der Waals surface area contributed by atoms with Crippen LogP contribution in [0.2, 0.25) is 0 Å². The highest BCUT2D eigenvalue weighted by atomic mass is 32.2. The van der Waals surface area contributed by atoms with Crippen molar-refractivity contribution >= 4 is 11.8 Å². The van der Waals surface area contributed by atoms with E-state index in [1.807, 2.05) is 0 Å². The molecule has 0 heterocycles. The van der Waals surface area contributed by atoms with Gasteiger partial charge in [0.15, 0.2) is 0 Å². The normalized spacial score (nSPS) is 40.5. The summed E-state index contributed by atoms with van der Waals surface area (Å²) < 4.78 is 0. The summed E-state index contributed by atoms with van der Waals surface area (Å²) in [6, 6.07) is 0.781. The monoisotopic (exact) mass is 295 g/mol. The zero-order chi connectivity index (χ0) is 14.2. The van der Waals surface area contributed by atoms with Crippen molar-refractivity contribution < 1.29 is 0 Å². The zero-order valence-corrected chi connectivity index (χ0v) is 14.5. The molecule has 0 aromatic rings. The fourth-order valence-corrected chi connectivity index (χ4v) is 6.71. The maximum atomic E-state index is 3.96. The van der Waals surface area contributed by atoms with Crippen LogP contribution < -0.4 is 5.32 Å². The van der Waals surface area contributed by atoms with Gasteiger partial charge in [-0.1, -0.05) is 20.8 Å². The van der Waals surface area contributed by atoms with Crippen LogP contribution in [-0.4, -0.2) is 23.6 Å². The molecule has 0 aromatic heterocycles. The molecule has 4 fully saturated rings. The van der Waals surface area contributed by atoms with Crippen molar-refractivity contribution in [3.05, 3.63) is 0 Å². The van der Waals surface area contributed by atoms with Gasteiger partial charge in [-0.05, 0) is 79.9 Å². The van der Waals surface area contributed by atoms with Crippen LogP contribution in [0.1, 0.15) is 65.7 Å². The Morgan fingerprint density at radius 1 is 1.05 bits per heavy atom. The predicted molar refractivity (Wildman–Crippen MR) is 90.3 cm³/mol. The molecule has 0 aliphatic heterocycles. The molecule has 20 heavy (non-hydrogen) atoms. The molecule has 0 radical (unpaired) electrons. The first-order valence-electron chi connectivity index (χ1n) is 8.96. The average Bonchev–Trinajstić information content (AvgIpc) is 2.36. The minimum atomic E-state index is 0.672. The van der Waals surface area contributed by atoms with E-state index >= 15 is 0 Å². The molecule has 1 unspecified atom stereocenters.